The van der Waals surface area contributed by atoms with E-state index in [1.165, 1.54) is 0 Å². The maximum atomic E-state index is 12.1. The van der Waals surface area contributed by atoms with E-state index in [0.717, 1.165) is 12.8 Å². The topological polar surface area (TPSA) is 74.6 Å². The number of carboxylic acid groups (broad SMARTS) is 2. The lowest BCUT2D eigenvalue weighted by molar-refractivity contribution is -0.958. The van der Waals surface area contributed by atoms with Crippen molar-refractivity contribution in [1.82, 2.24) is 0 Å². The van der Waals surface area contributed by atoms with Crippen LogP contribution >= 0.6 is 0 Å². The van der Waals surface area contributed by atoms with Crippen LogP contribution < -0.4 is 0 Å². The summed E-state index contributed by atoms with van der Waals surface area (Å²) in [5.41, 5.74) is -1.82. The third-order valence-corrected chi connectivity index (χ3v) is 5.33. The molecule has 108 valence electrons. The minimum Gasteiger partial charge on any atom is -0.477 e. The first-order chi connectivity index (χ1) is 8.65. The van der Waals surface area contributed by atoms with Crippen molar-refractivity contribution in [2.75, 3.05) is 0 Å². The molecule has 4 atom stereocenters. The predicted octanol–water partition coefficient (Wildman–Crippen LogP) is 2.70. The number of hydrogen-bond acceptors (Lipinski definition) is 2. The number of quaternary nitrogens is 1. The van der Waals surface area contributed by atoms with E-state index in [9.17, 15) is 19.8 Å². The van der Waals surface area contributed by atoms with Crippen LogP contribution in [-0.4, -0.2) is 43.9 Å². The zero-order chi connectivity index (χ0) is 14.6. The Balaban J connectivity index is 2.70. The number of piperidine rings is 1. The van der Waals surface area contributed by atoms with Crippen molar-refractivity contribution in [2.24, 2.45) is 5.92 Å². The molecule has 1 amide bonds. The van der Waals surface area contributed by atoms with E-state index < -0.39 is 23.1 Å². The highest BCUT2D eigenvalue weighted by Crippen LogP contribution is 2.59. The van der Waals surface area contributed by atoms with Crippen LogP contribution in [-0.2, 0) is 4.79 Å². The zero-order valence-electron chi connectivity index (χ0n) is 12.1. The number of rotatable bonds is 2. The number of carbonyl (C=O) groups is 2. The highest BCUT2D eigenvalue weighted by atomic mass is 16.4. The number of aliphatic carboxylic acids is 1. The Kier molecular flexibility index (Phi) is 2.97. The molecular weight excluding hydrogens is 246 g/mol. The van der Waals surface area contributed by atoms with Gasteiger partial charge in [-0.25, -0.2) is 9.28 Å². The molecule has 19 heavy (non-hydrogen) atoms. The van der Waals surface area contributed by atoms with Crippen molar-refractivity contribution in [3.05, 3.63) is 0 Å². The van der Waals surface area contributed by atoms with Crippen molar-refractivity contribution in [2.45, 2.75) is 70.5 Å². The Bertz CT molecular complexity index is 428. The highest BCUT2D eigenvalue weighted by molar-refractivity contribution is 5.80. The minimum atomic E-state index is -1.19. The summed E-state index contributed by atoms with van der Waals surface area (Å²) in [5, 5.41) is 19.7. The summed E-state index contributed by atoms with van der Waals surface area (Å²) < 4.78 is -0.309. The van der Waals surface area contributed by atoms with Gasteiger partial charge in [0.05, 0.1) is 0 Å². The van der Waals surface area contributed by atoms with Gasteiger partial charge in [0.25, 0.3) is 0 Å². The summed E-state index contributed by atoms with van der Waals surface area (Å²) in [5.74, 6) is -0.577. The standard InChI is InChI=1S/C14H23NO4/c1-5-14(11(16)17)7-6-9-8-10(9)15(14,12(18)19)13(2,3)4/h9-10H,5-8H2,1-4H3,(H-,16,17,18,19)/p+1/t9?,10?,14-,15?/m0/s1. The van der Waals surface area contributed by atoms with Gasteiger partial charge in [-0.3, -0.25) is 0 Å². The van der Waals surface area contributed by atoms with Crippen LogP contribution in [0.2, 0.25) is 0 Å². The fraction of sp³-hybridized carbons (Fsp3) is 0.857. The Morgan fingerprint density at radius 2 is 1.89 bits per heavy atom. The van der Waals surface area contributed by atoms with Crippen LogP contribution in [0.3, 0.4) is 0 Å². The van der Waals surface area contributed by atoms with Crippen LogP contribution in [0.25, 0.3) is 0 Å². The molecule has 5 nitrogen and oxygen atoms in total. The van der Waals surface area contributed by atoms with Crippen molar-refractivity contribution in [1.29, 1.82) is 0 Å². The van der Waals surface area contributed by atoms with Gasteiger partial charge in [-0.1, -0.05) is 6.92 Å². The molecule has 0 spiro atoms. The molecule has 5 heteroatoms. The molecule has 2 aliphatic rings. The van der Waals surface area contributed by atoms with E-state index in [2.05, 4.69) is 0 Å². The summed E-state index contributed by atoms with van der Waals surface area (Å²) in [4.78, 5) is 24.1. The lowest BCUT2D eigenvalue weighted by Crippen LogP contribution is -2.79. The molecule has 0 radical (unpaired) electrons. The first-order valence-corrected chi connectivity index (χ1v) is 7.01. The van der Waals surface area contributed by atoms with Crippen LogP contribution in [0.15, 0.2) is 0 Å². The van der Waals surface area contributed by atoms with E-state index in [1.54, 1.807) is 6.92 Å². The van der Waals surface area contributed by atoms with Gasteiger partial charge in [-0.2, -0.15) is 4.79 Å². The maximum Gasteiger partial charge on any atom is 0.515 e. The average molecular weight is 270 g/mol. The molecule has 1 saturated carbocycles. The van der Waals surface area contributed by atoms with E-state index in [-0.39, 0.29) is 10.5 Å². The van der Waals surface area contributed by atoms with E-state index in [0.29, 0.717) is 18.8 Å². The predicted molar refractivity (Wildman–Crippen MR) is 69.8 cm³/mol. The molecular formula is C14H24NO4+. The molecule has 1 aliphatic heterocycles. The first kappa shape index (κ1) is 14.3. The number of nitrogens with zero attached hydrogens (tertiary/aromatic N) is 1. The van der Waals surface area contributed by atoms with Crippen LogP contribution in [0.4, 0.5) is 4.79 Å². The van der Waals surface area contributed by atoms with E-state index >= 15 is 0 Å². The largest absolute Gasteiger partial charge is 0.515 e. The molecule has 0 aromatic rings. The normalized spacial score (nSPS) is 41.5. The number of hydrogen-bond donors (Lipinski definition) is 2. The first-order valence-electron chi connectivity index (χ1n) is 7.01. The Labute approximate surface area is 113 Å². The number of amides is 1. The summed E-state index contributed by atoms with van der Waals surface area (Å²) in [6.45, 7) is 7.37. The van der Waals surface area contributed by atoms with Gasteiger partial charge in [0, 0.05) is 25.2 Å². The second-order valence-electron chi connectivity index (χ2n) is 6.97. The van der Waals surface area contributed by atoms with Gasteiger partial charge >= 0.3 is 12.1 Å². The van der Waals surface area contributed by atoms with Crippen LogP contribution in [0, 0.1) is 5.92 Å². The van der Waals surface area contributed by atoms with Gasteiger partial charge in [0.15, 0.2) is 0 Å². The summed E-state index contributed by atoms with van der Waals surface area (Å²) in [7, 11) is 0. The van der Waals surface area contributed by atoms with Gasteiger partial charge < -0.3 is 10.2 Å². The van der Waals surface area contributed by atoms with Gasteiger partial charge in [0.1, 0.15) is 11.6 Å². The third-order valence-electron chi connectivity index (χ3n) is 5.33. The lowest BCUT2D eigenvalue weighted by atomic mass is 9.77. The lowest BCUT2D eigenvalue weighted by Gasteiger charge is -2.56. The fourth-order valence-electron chi connectivity index (χ4n) is 4.52. The number of carboxylic acids is 1. The number of likely N-dealkylation sites (tertiary alicyclic amines) is 1. The highest BCUT2D eigenvalue weighted by Gasteiger charge is 2.76. The minimum absolute atomic E-state index is 0.0395. The SMILES string of the molecule is CC[C@@]1(C(=O)O)CCC2CC2[N+]1(C(=O)O)C(C)(C)C. The molecule has 3 unspecified atom stereocenters. The smallest absolute Gasteiger partial charge is 0.477 e. The molecule has 0 aromatic heterocycles. The third kappa shape index (κ3) is 1.51. The molecule has 2 N–H and O–H groups in total. The van der Waals surface area contributed by atoms with E-state index in [4.69, 9.17) is 0 Å². The van der Waals surface area contributed by atoms with Crippen molar-refractivity contribution < 1.29 is 24.3 Å². The Morgan fingerprint density at radius 1 is 1.32 bits per heavy atom. The van der Waals surface area contributed by atoms with Crippen LogP contribution in [0.5, 0.6) is 0 Å². The fourth-order valence-corrected chi connectivity index (χ4v) is 4.52. The Morgan fingerprint density at radius 3 is 2.26 bits per heavy atom. The molecule has 0 bridgehead atoms. The van der Waals surface area contributed by atoms with Gasteiger partial charge in [-0.05, 0) is 27.2 Å². The summed E-state index contributed by atoms with van der Waals surface area (Å²) in [6, 6.07) is -0.0395. The number of fused-ring (bicyclic) bond motifs is 1. The van der Waals surface area contributed by atoms with Gasteiger partial charge in [-0.15, -0.1) is 0 Å². The molecule has 1 aliphatic carbocycles. The molecule has 2 fully saturated rings. The Hall–Kier alpha value is -1.10. The van der Waals surface area contributed by atoms with Crippen molar-refractivity contribution >= 4 is 12.1 Å². The second-order valence-corrected chi connectivity index (χ2v) is 6.97. The zero-order valence-corrected chi connectivity index (χ0v) is 12.1. The summed E-state index contributed by atoms with van der Waals surface area (Å²) >= 11 is 0. The monoisotopic (exact) mass is 270 g/mol. The molecule has 1 heterocycles. The van der Waals surface area contributed by atoms with Crippen LogP contribution in [0.1, 0.15) is 53.4 Å². The second kappa shape index (κ2) is 3.95. The average Bonchev–Trinajstić information content (AvgIpc) is 3.03. The quantitative estimate of drug-likeness (QED) is 0.756. The maximum absolute atomic E-state index is 12.1. The van der Waals surface area contributed by atoms with Crippen molar-refractivity contribution in [3.63, 3.8) is 0 Å². The summed E-state index contributed by atoms with van der Waals surface area (Å²) in [6.07, 6.45) is 1.52. The van der Waals surface area contributed by atoms with Crippen molar-refractivity contribution in [3.8, 4) is 0 Å². The van der Waals surface area contributed by atoms with Gasteiger partial charge in [0.2, 0.25) is 5.54 Å². The molecule has 2 rings (SSSR count). The molecule has 0 aromatic carbocycles. The molecule has 1 saturated heterocycles. The van der Waals surface area contributed by atoms with E-state index in [1.807, 2.05) is 20.8 Å².